The van der Waals surface area contributed by atoms with Crippen molar-refractivity contribution in [3.63, 3.8) is 0 Å². The van der Waals surface area contributed by atoms with Gasteiger partial charge in [0, 0.05) is 31.5 Å². The van der Waals surface area contributed by atoms with Crippen molar-refractivity contribution < 1.29 is 19.0 Å². The maximum atomic E-state index is 12.9. The molecule has 180 valence electrons. The monoisotopic (exact) mass is 471 g/mol. The van der Waals surface area contributed by atoms with E-state index in [-0.39, 0.29) is 11.8 Å². The van der Waals surface area contributed by atoms with E-state index in [1.165, 1.54) is 0 Å². The number of benzene rings is 3. The first-order valence-electron chi connectivity index (χ1n) is 11.8. The van der Waals surface area contributed by atoms with Crippen LogP contribution in [0.5, 0.6) is 17.2 Å². The molecule has 5 rings (SSSR count). The van der Waals surface area contributed by atoms with Gasteiger partial charge in [0.1, 0.15) is 29.7 Å². The largest absolute Gasteiger partial charge is 0.497 e. The second kappa shape index (κ2) is 10.1. The minimum Gasteiger partial charge on any atom is -0.497 e. The summed E-state index contributed by atoms with van der Waals surface area (Å²) in [5, 5.41) is 0. The number of para-hydroxylation sites is 2. The SMILES string of the molecule is COc1ccc(CN2CC(c3nc4ccccc4n3CCOc3cccc(OC)c3)CC2=O)cc1. The van der Waals surface area contributed by atoms with Gasteiger partial charge < -0.3 is 23.7 Å². The lowest BCUT2D eigenvalue weighted by molar-refractivity contribution is -0.128. The second-order valence-corrected chi connectivity index (χ2v) is 8.66. The van der Waals surface area contributed by atoms with Crippen molar-refractivity contribution in [3.8, 4) is 17.2 Å². The summed E-state index contributed by atoms with van der Waals surface area (Å²) >= 11 is 0. The van der Waals surface area contributed by atoms with Crippen LogP contribution < -0.4 is 14.2 Å². The van der Waals surface area contributed by atoms with Gasteiger partial charge >= 0.3 is 0 Å². The van der Waals surface area contributed by atoms with Gasteiger partial charge in [-0.2, -0.15) is 0 Å². The van der Waals surface area contributed by atoms with Gasteiger partial charge in [-0.15, -0.1) is 0 Å². The fraction of sp³-hybridized carbons (Fsp3) is 0.286. The molecule has 1 amide bonds. The van der Waals surface area contributed by atoms with Crippen molar-refractivity contribution in [2.45, 2.75) is 25.4 Å². The number of carbonyl (C=O) groups is 1. The fourth-order valence-corrected chi connectivity index (χ4v) is 4.64. The normalized spacial score (nSPS) is 15.5. The summed E-state index contributed by atoms with van der Waals surface area (Å²) in [6.45, 7) is 2.34. The average Bonchev–Trinajstić information content (AvgIpc) is 3.45. The summed E-state index contributed by atoms with van der Waals surface area (Å²) in [7, 11) is 3.29. The zero-order valence-electron chi connectivity index (χ0n) is 20.0. The number of carbonyl (C=O) groups excluding carboxylic acids is 1. The molecule has 1 fully saturated rings. The third kappa shape index (κ3) is 4.94. The molecule has 1 atom stereocenters. The Bertz CT molecular complexity index is 1320. The molecule has 4 aromatic rings. The molecular weight excluding hydrogens is 442 g/mol. The number of amides is 1. The van der Waals surface area contributed by atoms with E-state index in [0.717, 1.165) is 39.7 Å². The van der Waals surface area contributed by atoms with Crippen LogP contribution in [-0.4, -0.2) is 47.7 Å². The molecule has 0 saturated carbocycles. The molecular formula is C28H29N3O4. The number of ether oxygens (including phenoxy) is 3. The van der Waals surface area contributed by atoms with Gasteiger partial charge in [-0.1, -0.05) is 30.3 Å². The topological polar surface area (TPSA) is 65.8 Å². The molecule has 1 aliphatic heterocycles. The molecule has 0 radical (unpaired) electrons. The molecule has 7 heteroatoms. The standard InChI is InChI=1S/C28H29N3O4/c1-33-22-12-10-20(11-13-22)18-30-19-21(16-27(30)32)28-29-25-8-3-4-9-26(25)31(28)14-15-35-24-7-5-6-23(17-24)34-2/h3-13,17,21H,14-16,18-19H2,1-2H3. The smallest absolute Gasteiger partial charge is 0.223 e. The molecule has 0 aliphatic carbocycles. The Hall–Kier alpha value is -4.00. The van der Waals surface area contributed by atoms with Crippen molar-refractivity contribution in [2.75, 3.05) is 27.4 Å². The highest BCUT2D eigenvalue weighted by atomic mass is 16.5. The lowest BCUT2D eigenvalue weighted by atomic mass is 10.1. The Kier molecular flexibility index (Phi) is 6.57. The first kappa shape index (κ1) is 22.8. The molecule has 0 spiro atoms. The van der Waals surface area contributed by atoms with Crippen LogP contribution >= 0.6 is 0 Å². The molecule has 2 heterocycles. The van der Waals surface area contributed by atoms with Gasteiger partial charge in [-0.25, -0.2) is 4.98 Å². The van der Waals surface area contributed by atoms with Crippen LogP contribution in [0.2, 0.25) is 0 Å². The van der Waals surface area contributed by atoms with Crippen LogP contribution in [0, 0.1) is 0 Å². The van der Waals surface area contributed by atoms with Gasteiger partial charge in [-0.3, -0.25) is 4.79 Å². The number of imidazole rings is 1. The van der Waals surface area contributed by atoms with Gasteiger partial charge in [0.15, 0.2) is 0 Å². The zero-order chi connectivity index (χ0) is 24.2. The number of hydrogen-bond acceptors (Lipinski definition) is 5. The van der Waals surface area contributed by atoms with Gasteiger partial charge in [0.05, 0.1) is 31.8 Å². The van der Waals surface area contributed by atoms with Gasteiger partial charge in [0.2, 0.25) is 5.91 Å². The number of fused-ring (bicyclic) bond motifs is 1. The summed E-state index contributed by atoms with van der Waals surface area (Å²) in [6.07, 6.45) is 0.455. The van der Waals surface area contributed by atoms with Crippen LogP contribution in [0.3, 0.4) is 0 Å². The third-order valence-electron chi connectivity index (χ3n) is 6.42. The highest BCUT2D eigenvalue weighted by Crippen LogP contribution is 2.31. The summed E-state index contributed by atoms with van der Waals surface area (Å²) in [4.78, 5) is 19.8. The number of aromatic nitrogens is 2. The lowest BCUT2D eigenvalue weighted by Gasteiger charge is -2.18. The molecule has 1 aliphatic rings. The fourth-order valence-electron chi connectivity index (χ4n) is 4.64. The summed E-state index contributed by atoms with van der Waals surface area (Å²) < 4.78 is 18.7. The van der Waals surface area contributed by atoms with Crippen molar-refractivity contribution >= 4 is 16.9 Å². The van der Waals surface area contributed by atoms with E-state index >= 15 is 0 Å². The van der Waals surface area contributed by atoms with Crippen molar-refractivity contribution in [1.29, 1.82) is 0 Å². The number of methoxy groups -OCH3 is 2. The van der Waals surface area contributed by atoms with E-state index in [1.54, 1.807) is 14.2 Å². The number of likely N-dealkylation sites (tertiary alicyclic amines) is 1. The average molecular weight is 472 g/mol. The summed E-state index contributed by atoms with van der Waals surface area (Å²) in [5.74, 6) is 3.45. The van der Waals surface area contributed by atoms with E-state index in [9.17, 15) is 4.79 Å². The molecule has 35 heavy (non-hydrogen) atoms. The Morgan fingerprint density at radius 3 is 2.49 bits per heavy atom. The zero-order valence-corrected chi connectivity index (χ0v) is 20.0. The molecule has 1 unspecified atom stereocenters. The van der Waals surface area contributed by atoms with Crippen LogP contribution in [0.1, 0.15) is 23.7 Å². The quantitative estimate of drug-likeness (QED) is 0.356. The Morgan fingerprint density at radius 2 is 1.69 bits per heavy atom. The molecule has 0 bridgehead atoms. The van der Waals surface area contributed by atoms with E-state index in [0.29, 0.717) is 32.7 Å². The van der Waals surface area contributed by atoms with Crippen LogP contribution in [0.15, 0.2) is 72.8 Å². The number of rotatable bonds is 9. The highest BCUT2D eigenvalue weighted by molar-refractivity contribution is 5.81. The first-order chi connectivity index (χ1) is 17.1. The Balaban J connectivity index is 1.33. The summed E-state index contributed by atoms with van der Waals surface area (Å²) in [5.41, 5.74) is 3.07. The first-order valence-corrected chi connectivity index (χ1v) is 11.8. The maximum Gasteiger partial charge on any atom is 0.223 e. The lowest BCUT2D eigenvalue weighted by Crippen LogP contribution is -2.24. The van der Waals surface area contributed by atoms with Crippen molar-refractivity contribution in [1.82, 2.24) is 14.5 Å². The van der Waals surface area contributed by atoms with Crippen molar-refractivity contribution in [2.24, 2.45) is 0 Å². The summed E-state index contributed by atoms with van der Waals surface area (Å²) in [6, 6.07) is 23.6. The van der Waals surface area contributed by atoms with Crippen LogP contribution in [0.25, 0.3) is 11.0 Å². The molecule has 3 aromatic carbocycles. The molecule has 1 aromatic heterocycles. The van der Waals surface area contributed by atoms with E-state index < -0.39 is 0 Å². The minimum atomic E-state index is 0.0324. The van der Waals surface area contributed by atoms with E-state index in [2.05, 4.69) is 10.6 Å². The van der Waals surface area contributed by atoms with Crippen molar-refractivity contribution in [3.05, 3.63) is 84.2 Å². The van der Waals surface area contributed by atoms with E-state index in [4.69, 9.17) is 19.2 Å². The third-order valence-corrected chi connectivity index (χ3v) is 6.42. The van der Waals surface area contributed by atoms with Gasteiger partial charge in [-0.05, 0) is 42.0 Å². The van der Waals surface area contributed by atoms with E-state index in [1.807, 2.05) is 71.6 Å². The van der Waals surface area contributed by atoms with Gasteiger partial charge in [0.25, 0.3) is 0 Å². The molecule has 1 saturated heterocycles. The second-order valence-electron chi connectivity index (χ2n) is 8.66. The molecule has 7 nitrogen and oxygen atoms in total. The van der Waals surface area contributed by atoms with Crippen LogP contribution in [-0.2, 0) is 17.9 Å². The minimum absolute atomic E-state index is 0.0324. The molecule has 0 N–H and O–H groups in total. The van der Waals surface area contributed by atoms with Crippen LogP contribution in [0.4, 0.5) is 0 Å². The Labute approximate surface area is 204 Å². The number of hydrogen-bond donors (Lipinski definition) is 0. The predicted molar refractivity (Wildman–Crippen MR) is 134 cm³/mol. The maximum absolute atomic E-state index is 12.9. The predicted octanol–water partition coefficient (Wildman–Crippen LogP) is 4.65. The Morgan fingerprint density at radius 1 is 0.914 bits per heavy atom. The number of nitrogens with zero attached hydrogens (tertiary/aromatic N) is 3. The highest BCUT2D eigenvalue weighted by Gasteiger charge is 2.34.